The molecule has 0 bridgehead atoms. The van der Waals surface area contributed by atoms with Gasteiger partial charge in [-0.05, 0) is 18.2 Å². The molecule has 0 spiro atoms. The molecule has 0 unspecified atom stereocenters. The van der Waals surface area contributed by atoms with E-state index in [-0.39, 0.29) is 29.1 Å². The molecule has 0 amide bonds. The second-order valence-electron chi connectivity index (χ2n) is 4.46. The van der Waals surface area contributed by atoms with Gasteiger partial charge >= 0.3 is 0 Å². The molecule has 1 heterocycles. The van der Waals surface area contributed by atoms with Crippen molar-refractivity contribution in [2.75, 3.05) is 12.3 Å². The van der Waals surface area contributed by atoms with Gasteiger partial charge in [-0.1, -0.05) is 24.3 Å². The van der Waals surface area contributed by atoms with Crippen LogP contribution in [0.15, 0.2) is 35.6 Å². The van der Waals surface area contributed by atoms with Crippen molar-refractivity contribution in [3.05, 3.63) is 57.4 Å². The van der Waals surface area contributed by atoms with E-state index in [2.05, 4.69) is 11.6 Å². The van der Waals surface area contributed by atoms with Crippen LogP contribution >= 0.6 is 11.6 Å². The summed E-state index contributed by atoms with van der Waals surface area (Å²) in [4.78, 5) is 14.3. The van der Waals surface area contributed by atoms with Gasteiger partial charge in [0.05, 0.1) is 0 Å². The Labute approximate surface area is 137 Å². The highest BCUT2D eigenvalue weighted by Gasteiger charge is 2.21. The minimum atomic E-state index is -0.686. The molecule has 7 heteroatoms. The molecule has 2 rings (SSSR count). The van der Waals surface area contributed by atoms with E-state index in [9.17, 15) is 15.3 Å². The number of H-pyrrole nitrogens is 1. The van der Waals surface area contributed by atoms with Crippen LogP contribution in [0.2, 0.25) is 5.02 Å². The fourth-order valence-electron chi connectivity index (χ4n) is 2.08. The molecule has 0 saturated heterocycles. The lowest BCUT2D eigenvalue weighted by Crippen LogP contribution is -2.16. The summed E-state index contributed by atoms with van der Waals surface area (Å²) in [5.41, 5.74) is 5.20. The third kappa shape index (κ3) is 3.03. The lowest BCUT2D eigenvalue weighted by molar-refractivity contribution is 0.364. The predicted octanol–water partition coefficient (Wildman–Crippen LogP) is 2.59. The Bertz CT molecular complexity index is 919. The van der Waals surface area contributed by atoms with Crippen molar-refractivity contribution in [2.45, 2.75) is 0 Å². The summed E-state index contributed by atoms with van der Waals surface area (Å²) >= 11 is 6.01. The molecule has 0 fully saturated rings. The Morgan fingerprint density at radius 3 is 2.65 bits per heavy atom. The largest absolute Gasteiger partial charge is 0.489 e. The highest BCUT2D eigenvalue weighted by molar-refractivity contribution is 6.31. The zero-order valence-corrected chi connectivity index (χ0v) is 12.6. The van der Waals surface area contributed by atoms with Crippen LogP contribution in [0.4, 0.5) is 5.82 Å². The van der Waals surface area contributed by atoms with Crippen LogP contribution in [0.1, 0.15) is 11.1 Å². The van der Waals surface area contributed by atoms with Gasteiger partial charge in [-0.25, -0.2) is 0 Å². The number of pyridine rings is 1. The fourth-order valence-corrected chi connectivity index (χ4v) is 2.26. The van der Waals surface area contributed by atoms with Gasteiger partial charge in [0.15, 0.2) is 0 Å². The average Bonchev–Trinajstić information content (AvgIpc) is 2.53. The summed E-state index contributed by atoms with van der Waals surface area (Å²) in [6, 6.07) is 8.39. The molecule has 3 N–H and O–H groups in total. The van der Waals surface area contributed by atoms with Crippen LogP contribution in [0.5, 0.6) is 5.75 Å². The number of rotatable bonds is 4. The average molecular weight is 327 g/mol. The molecular weight excluding hydrogens is 316 g/mol. The van der Waals surface area contributed by atoms with Gasteiger partial charge < -0.3 is 15.5 Å². The normalized spacial score (nSPS) is 9.70. The van der Waals surface area contributed by atoms with Crippen molar-refractivity contribution < 1.29 is 4.74 Å². The Morgan fingerprint density at radius 1 is 1.35 bits per heavy atom. The van der Waals surface area contributed by atoms with Gasteiger partial charge in [0.1, 0.15) is 41.4 Å². The molecule has 0 saturated carbocycles. The molecule has 6 nitrogen and oxygen atoms in total. The zero-order valence-electron chi connectivity index (χ0n) is 11.9. The summed E-state index contributed by atoms with van der Waals surface area (Å²) in [6.45, 7) is 3.77. The molecule has 0 aliphatic heterocycles. The Balaban J connectivity index is 2.89. The molecule has 0 atom stereocenters. The number of hydrogen-bond acceptors (Lipinski definition) is 5. The van der Waals surface area contributed by atoms with Crippen molar-refractivity contribution in [2.24, 2.45) is 0 Å². The minimum absolute atomic E-state index is 0.0214. The molecule has 2 aromatic rings. The number of nitrogens with zero attached hydrogens (tertiary/aromatic N) is 2. The van der Waals surface area contributed by atoms with Crippen LogP contribution in [0.25, 0.3) is 11.1 Å². The van der Waals surface area contributed by atoms with Crippen molar-refractivity contribution in [1.82, 2.24) is 4.98 Å². The maximum Gasteiger partial charge on any atom is 0.268 e. The van der Waals surface area contributed by atoms with Gasteiger partial charge in [-0.15, -0.1) is 0 Å². The molecule has 1 aromatic heterocycles. The van der Waals surface area contributed by atoms with E-state index in [0.717, 1.165) is 0 Å². The number of aromatic nitrogens is 1. The van der Waals surface area contributed by atoms with Gasteiger partial charge in [0.2, 0.25) is 0 Å². The summed E-state index contributed by atoms with van der Waals surface area (Å²) < 4.78 is 5.53. The van der Waals surface area contributed by atoms with Crippen molar-refractivity contribution >= 4 is 17.4 Å². The second-order valence-corrected chi connectivity index (χ2v) is 4.89. The standard InChI is InChI=1S/C16H11ClN4O2/c1-2-5-23-13-4-3-9(17)6-10(13)14-11(7-18)15(20)21-16(22)12(14)8-19/h2-4,6H,1,5H2,(H3,20,21,22). The number of hydrogen-bond donors (Lipinski definition) is 2. The number of halogens is 1. The number of ether oxygens (including phenoxy) is 1. The van der Waals surface area contributed by atoms with Crippen molar-refractivity contribution in [1.29, 1.82) is 10.5 Å². The zero-order chi connectivity index (χ0) is 17.0. The number of nitrogens with two attached hydrogens (primary N) is 1. The highest BCUT2D eigenvalue weighted by atomic mass is 35.5. The van der Waals surface area contributed by atoms with E-state index in [1.807, 2.05) is 6.07 Å². The molecule has 0 aliphatic rings. The smallest absolute Gasteiger partial charge is 0.268 e. The van der Waals surface area contributed by atoms with Crippen LogP contribution < -0.4 is 16.0 Å². The number of benzene rings is 1. The van der Waals surface area contributed by atoms with Crippen LogP contribution in [-0.2, 0) is 0 Å². The maximum atomic E-state index is 12.0. The molecular formula is C16H11ClN4O2. The van der Waals surface area contributed by atoms with Gasteiger partial charge in [0, 0.05) is 16.1 Å². The molecule has 0 radical (unpaired) electrons. The first-order chi connectivity index (χ1) is 11.0. The number of nitrogen functional groups attached to an aromatic ring is 1. The predicted molar refractivity (Wildman–Crippen MR) is 87.0 cm³/mol. The number of nitriles is 2. The van der Waals surface area contributed by atoms with E-state index in [4.69, 9.17) is 22.1 Å². The maximum absolute atomic E-state index is 12.0. The minimum Gasteiger partial charge on any atom is -0.489 e. The van der Waals surface area contributed by atoms with Crippen LogP contribution in [0, 0.1) is 22.7 Å². The second kappa shape index (κ2) is 6.69. The van der Waals surface area contributed by atoms with E-state index >= 15 is 0 Å². The summed E-state index contributed by atoms with van der Waals surface area (Å²) in [5.74, 6) is 0.230. The molecule has 23 heavy (non-hydrogen) atoms. The van der Waals surface area contributed by atoms with Gasteiger partial charge in [0.25, 0.3) is 5.56 Å². The van der Waals surface area contributed by atoms with Gasteiger partial charge in [-0.3, -0.25) is 4.79 Å². The molecule has 1 aromatic carbocycles. The van der Waals surface area contributed by atoms with E-state index in [0.29, 0.717) is 16.3 Å². The summed E-state index contributed by atoms with van der Waals surface area (Å²) in [7, 11) is 0. The van der Waals surface area contributed by atoms with Crippen molar-refractivity contribution in [3.8, 4) is 29.0 Å². The first-order valence-electron chi connectivity index (χ1n) is 6.43. The SMILES string of the molecule is C=CCOc1ccc(Cl)cc1-c1c(C#N)c(N)[nH]c(=O)c1C#N. The Hall–Kier alpha value is -3.22. The quantitative estimate of drug-likeness (QED) is 0.838. The third-order valence-electron chi connectivity index (χ3n) is 3.04. The molecule has 0 aliphatic carbocycles. The third-order valence-corrected chi connectivity index (χ3v) is 3.27. The first-order valence-corrected chi connectivity index (χ1v) is 6.80. The van der Waals surface area contributed by atoms with Crippen LogP contribution in [0.3, 0.4) is 0 Å². The number of aromatic amines is 1. The molecule has 114 valence electrons. The monoisotopic (exact) mass is 326 g/mol. The summed E-state index contributed by atoms with van der Waals surface area (Å²) in [5, 5.41) is 19.0. The lowest BCUT2D eigenvalue weighted by Gasteiger charge is -2.14. The Morgan fingerprint density at radius 2 is 2.04 bits per heavy atom. The van der Waals surface area contributed by atoms with E-state index in [1.54, 1.807) is 24.3 Å². The fraction of sp³-hybridized carbons (Fsp3) is 0.0625. The van der Waals surface area contributed by atoms with E-state index < -0.39 is 5.56 Å². The lowest BCUT2D eigenvalue weighted by atomic mass is 9.96. The number of anilines is 1. The topological polar surface area (TPSA) is 116 Å². The van der Waals surface area contributed by atoms with E-state index in [1.165, 1.54) is 6.07 Å². The van der Waals surface area contributed by atoms with Crippen molar-refractivity contribution in [3.63, 3.8) is 0 Å². The summed E-state index contributed by atoms with van der Waals surface area (Å²) in [6.07, 6.45) is 1.54. The van der Waals surface area contributed by atoms with Crippen LogP contribution in [-0.4, -0.2) is 11.6 Å². The number of nitrogens with one attached hydrogen (secondary N) is 1. The Kier molecular flexibility index (Phi) is 4.70. The van der Waals surface area contributed by atoms with Gasteiger partial charge in [-0.2, -0.15) is 10.5 Å². The first kappa shape index (κ1) is 16.2. The highest BCUT2D eigenvalue weighted by Crippen LogP contribution is 2.37.